The van der Waals surface area contributed by atoms with Crippen molar-refractivity contribution in [3.8, 4) is 0 Å². The lowest BCUT2D eigenvalue weighted by Crippen LogP contribution is -2.47. The number of aliphatic hydroxyl groups is 1. The molecule has 1 aliphatic heterocycles. The SMILES string of the molecule is O=C(NCc1ccc(CO)c(F)c1)[C@H]1CNCCO1. The molecule has 1 aromatic carbocycles. The molecule has 1 saturated heterocycles. The van der Waals surface area contributed by atoms with Crippen molar-refractivity contribution in [1.82, 2.24) is 10.6 Å². The van der Waals surface area contributed by atoms with Crippen LogP contribution in [0.2, 0.25) is 0 Å². The third kappa shape index (κ3) is 3.73. The highest BCUT2D eigenvalue weighted by Gasteiger charge is 2.21. The molecular formula is C13H17FN2O3. The summed E-state index contributed by atoms with van der Waals surface area (Å²) in [4.78, 5) is 11.8. The van der Waals surface area contributed by atoms with E-state index in [1.807, 2.05) is 0 Å². The molecule has 6 heteroatoms. The van der Waals surface area contributed by atoms with Gasteiger partial charge < -0.3 is 20.5 Å². The van der Waals surface area contributed by atoms with E-state index < -0.39 is 11.9 Å². The Bertz CT molecular complexity index is 448. The molecule has 1 amide bonds. The minimum absolute atomic E-state index is 0.209. The number of halogens is 1. The number of carbonyl (C=O) groups is 1. The zero-order valence-electron chi connectivity index (χ0n) is 10.5. The predicted molar refractivity (Wildman–Crippen MR) is 66.8 cm³/mol. The molecule has 0 aliphatic carbocycles. The van der Waals surface area contributed by atoms with Gasteiger partial charge in [-0.2, -0.15) is 0 Å². The number of ether oxygens (including phenoxy) is 1. The number of nitrogens with one attached hydrogen (secondary N) is 2. The summed E-state index contributed by atoms with van der Waals surface area (Å²) in [7, 11) is 0. The van der Waals surface area contributed by atoms with Crippen molar-refractivity contribution in [3.63, 3.8) is 0 Å². The fraction of sp³-hybridized carbons (Fsp3) is 0.462. The van der Waals surface area contributed by atoms with Crippen molar-refractivity contribution in [2.45, 2.75) is 19.3 Å². The second-order valence-corrected chi connectivity index (χ2v) is 4.37. The summed E-state index contributed by atoms with van der Waals surface area (Å²) in [5.41, 5.74) is 0.890. The molecule has 0 aromatic heterocycles. The van der Waals surface area contributed by atoms with Crippen LogP contribution in [-0.4, -0.2) is 36.8 Å². The van der Waals surface area contributed by atoms with Crippen LogP contribution in [0.1, 0.15) is 11.1 Å². The van der Waals surface area contributed by atoms with Crippen molar-refractivity contribution in [1.29, 1.82) is 0 Å². The average molecular weight is 268 g/mol. The lowest BCUT2D eigenvalue weighted by Gasteiger charge is -2.22. The summed E-state index contributed by atoms with van der Waals surface area (Å²) in [6.45, 7) is 1.65. The molecule has 0 bridgehead atoms. The van der Waals surface area contributed by atoms with Gasteiger partial charge in [0.1, 0.15) is 11.9 Å². The normalized spacial score (nSPS) is 19.2. The number of hydrogen-bond acceptors (Lipinski definition) is 4. The number of hydrogen-bond donors (Lipinski definition) is 3. The number of carbonyl (C=O) groups excluding carboxylic acids is 1. The number of rotatable bonds is 4. The summed E-state index contributed by atoms with van der Waals surface area (Å²) < 4.78 is 18.7. The van der Waals surface area contributed by atoms with Gasteiger partial charge in [0.2, 0.25) is 0 Å². The zero-order chi connectivity index (χ0) is 13.7. The van der Waals surface area contributed by atoms with Gasteiger partial charge in [-0.15, -0.1) is 0 Å². The Labute approximate surface area is 110 Å². The zero-order valence-corrected chi connectivity index (χ0v) is 10.5. The van der Waals surface area contributed by atoms with Gasteiger partial charge in [0.15, 0.2) is 0 Å². The Morgan fingerprint density at radius 1 is 1.58 bits per heavy atom. The monoisotopic (exact) mass is 268 g/mol. The van der Waals surface area contributed by atoms with E-state index in [2.05, 4.69) is 10.6 Å². The second kappa shape index (κ2) is 6.60. The molecule has 1 aromatic rings. The highest BCUT2D eigenvalue weighted by Crippen LogP contribution is 2.10. The van der Waals surface area contributed by atoms with E-state index in [-0.39, 0.29) is 24.6 Å². The standard InChI is InChI=1S/C13H17FN2O3/c14-11-5-9(1-2-10(11)8-17)6-16-13(18)12-7-15-3-4-19-12/h1-2,5,12,15,17H,3-4,6-8H2,(H,16,18)/t12-/m1/s1. The highest BCUT2D eigenvalue weighted by atomic mass is 19.1. The van der Waals surface area contributed by atoms with Crippen LogP contribution in [0.4, 0.5) is 4.39 Å². The molecular weight excluding hydrogens is 251 g/mol. The first-order valence-electron chi connectivity index (χ1n) is 6.19. The summed E-state index contributed by atoms with van der Waals surface area (Å²) in [6.07, 6.45) is -0.490. The molecule has 104 valence electrons. The molecule has 0 spiro atoms. The Morgan fingerprint density at radius 2 is 2.42 bits per heavy atom. The smallest absolute Gasteiger partial charge is 0.250 e. The van der Waals surface area contributed by atoms with Crippen LogP contribution in [0.5, 0.6) is 0 Å². The molecule has 5 nitrogen and oxygen atoms in total. The van der Waals surface area contributed by atoms with E-state index in [0.717, 1.165) is 6.54 Å². The predicted octanol–water partition coefficient (Wildman–Crippen LogP) is -0.0774. The topological polar surface area (TPSA) is 70.6 Å². The summed E-state index contributed by atoms with van der Waals surface area (Å²) in [5, 5.41) is 14.6. The summed E-state index contributed by atoms with van der Waals surface area (Å²) in [5.74, 6) is -0.677. The number of morpholine rings is 1. The number of aliphatic hydroxyl groups excluding tert-OH is 1. The summed E-state index contributed by atoms with van der Waals surface area (Å²) in [6, 6.07) is 4.50. The van der Waals surface area contributed by atoms with Gasteiger partial charge in [0.05, 0.1) is 13.2 Å². The van der Waals surface area contributed by atoms with Crippen molar-refractivity contribution in [3.05, 3.63) is 35.1 Å². The molecule has 1 heterocycles. The van der Waals surface area contributed by atoms with Crippen molar-refractivity contribution in [2.75, 3.05) is 19.7 Å². The van der Waals surface area contributed by atoms with Crippen molar-refractivity contribution in [2.24, 2.45) is 0 Å². The van der Waals surface area contributed by atoms with Crippen LogP contribution in [-0.2, 0) is 22.7 Å². The van der Waals surface area contributed by atoms with Crippen LogP contribution < -0.4 is 10.6 Å². The van der Waals surface area contributed by atoms with E-state index in [1.165, 1.54) is 12.1 Å². The lowest BCUT2D eigenvalue weighted by atomic mass is 10.1. The van der Waals surface area contributed by atoms with Crippen LogP contribution in [0.25, 0.3) is 0 Å². The minimum Gasteiger partial charge on any atom is -0.392 e. The average Bonchev–Trinajstić information content (AvgIpc) is 2.46. The van der Waals surface area contributed by atoms with Crippen LogP contribution in [0.15, 0.2) is 18.2 Å². The fourth-order valence-corrected chi connectivity index (χ4v) is 1.87. The quantitative estimate of drug-likeness (QED) is 0.714. The molecule has 19 heavy (non-hydrogen) atoms. The van der Waals surface area contributed by atoms with Gasteiger partial charge >= 0.3 is 0 Å². The third-order valence-corrected chi connectivity index (χ3v) is 2.97. The van der Waals surface area contributed by atoms with Gasteiger partial charge in [-0.25, -0.2) is 4.39 Å². The molecule has 1 fully saturated rings. The fourth-order valence-electron chi connectivity index (χ4n) is 1.87. The largest absolute Gasteiger partial charge is 0.392 e. The first-order valence-corrected chi connectivity index (χ1v) is 6.19. The van der Waals surface area contributed by atoms with Gasteiger partial charge in [-0.05, 0) is 11.6 Å². The van der Waals surface area contributed by atoms with E-state index in [0.29, 0.717) is 18.7 Å². The molecule has 3 N–H and O–H groups in total. The number of benzene rings is 1. The molecule has 0 saturated carbocycles. The molecule has 0 radical (unpaired) electrons. The maximum atomic E-state index is 13.4. The Morgan fingerprint density at radius 3 is 3.05 bits per heavy atom. The Balaban J connectivity index is 1.87. The van der Waals surface area contributed by atoms with Gasteiger partial charge in [-0.1, -0.05) is 12.1 Å². The van der Waals surface area contributed by atoms with E-state index in [9.17, 15) is 9.18 Å². The maximum absolute atomic E-state index is 13.4. The Hall–Kier alpha value is -1.50. The van der Waals surface area contributed by atoms with Crippen molar-refractivity contribution < 1.29 is 19.0 Å². The second-order valence-electron chi connectivity index (χ2n) is 4.37. The van der Waals surface area contributed by atoms with Crippen LogP contribution >= 0.6 is 0 Å². The maximum Gasteiger partial charge on any atom is 0.250 e. The van der Waals surface area contributed by atoms with Crippen molar-refractivity contribution >= 4 is 5.91 Å². The van der Waals surface area contributed by atoms with E-state index in [1.54, 1.807) is 6.07 Å². The first kappa shape index (κ1) is 13.9. The van der Waals surface area contributed by atoms with Crippen LogP contribution in [0, 0.1) is 5.82 Å². The minimum atomic E-state index is -0.490. The van der Waals surface area contributed by atoms with Gasteiger partial charge in [0.25, 0.3) is 5.91 Å². The highest BCUT2D eigenvalue weighted by molar-refractivity contribution is 5.81. The number of amides is 1. The third-order valence-electron chi connectivity index (χ3n) is 2.97. The Kier molecular flexibility index (Phi) is 4.84. The lowest BCUT2D eigenvalue weighted by molar-refractivity contribution is -0.134. The van der Waals surface area contributed by atoms with E-state index in [4.69, 9.17) is 9.84 Å². The summed E-state index contributed by atoms with van der Waals surface area (Å²) >= 11 is 0. The molecule has 1 atom stereocenters. The van der Waals surface area contributed by atoms with Crippen LogP contribution in [0.3, 0.4) is 0 Å². The first-order chi connectivity index (χ1) is 9.20. The molecule has 2 rings (SSSR count). The molecule has 1 aliphatic rings. The molecule has 0 unspecified atom stereocenters. The van der Waals surface area contributed by atoms with Gasteiger partial charge in [-0.3, -0.25) is 4.79 Å². The van der Waals surface area contributed by atoms with Gasteiger partial charge in [0, 0.05) is 25.2 Å². The van der Waals surface area contributed by atoms with E-state index >= 15 is 0 Å².